The van der Waals surface area contributed by atoms with Gasteiger partial charge >= 0.3 is 6.09 Å². The Kier molecular flexibility index (Phi) is 10.3. The number of fused-ring (bicyclic) bond motifs is 1. The van der Waals surface area contributed by atoms with Crippen LogP contribution in [0.4, 0.5) is 9.18 Å². The molecule has 47 heavy (non-hydrogen) atoms. The molecule has 3 amide bonds. The fourth-order valence-electron chi connectivity index (χ4n) is 5.95. The second-order valence-electron chi connectivity index (χ2n) is 13.6. The number of benzene rings is 3. The Hall–Kier alpha value is -4.70. The van der Waals surface area contributed by atoms with E-state index in [4.69, 9.17) is 4.74 Å². The van der Waals surface area contributed by atoms with Gasteiger partial charge in [0.15, 0.2) is 0 Å². The van der Waals surface area contributed by atoms with Crippen molar-refractivity contribution in [2.75, 3.05) is 13.1 Å². The third-order valence-electron chi connectivity index (χ3n) is 8.27. The molecule has 5 rings (SSSR count). The van der Waals surface area contributed by atoms with Crippen molar-refractivity contribution in [3.05, 3.63) is 95.9 Å². The Morgan fingerprint density at radius 2 is 1.68 bits per heavy atom. The van der Waals surface area contributed by atoms with Crippen molar-refractivity contribution in [1.82, 2.24) is 25.8 Å². The summed E-state index contributed by atoms with van der Waals surface area (Å²) in [5.41, 5.74) is 3.52. The molecule has 1 fully saturated rings. The lowest BCUT2D eigenvalue weighted by molar-refractivity contribution is -0.124. The van der Waals surface area contributed by atoms with Crippen LogP contribution >= 0.6 is 0 Å². The van der Waals surface area contributed by atoms with Crippen LogP contribution in [0.3, 0.4) is 0 Å². The van der Waals surface area contributed by atoms with E-state index in [1.54, 1.807) is 32.9 Å². The Bertz CT molecular complexity index is 1700. The number of alkyl carbamates (subject to hydrolysis) is 1. The summed E-state index contributed by atoms with van der Waals surface area (Å²) in [5.74, 6) is -0.930. The number of hydrogen-bond acceptors (Lipinski definition) is 5. The first-order valence-corrected chi connectivity index (χ1v) is 16.1. The van der Waals surface area contributed by atoms with Gasteiger partial charge in [-0.2, -0.15) is 0 Å². The molecule has 0 radical (unpaired) electrons. The summed E-state index contributed by atoms with van der Waals surface area (Å²) in [7, 11) is 0. The van der Waals surface area contributed by atoms with E-state index in [1.807, 2.05) is 56.3 Å². The van der Waals surface area contributed by atoms with Gasteiger partial charge in [-0.3, -0.25) is 14.5 Å². The zero-order chi connectivity index (χ0) is 33.7. The quantitative estimate of drug-likeness (QED) is 0.169. The Labute approximate surface area is 275 Å². The first-order valence-electron chi connectivity index (χ1n) is 16.1. The van der Waals surface area contributed by atoms with Gasteiger partial charge in [-0.25, -0.2) is 9.18 Å². The smallest absolute Gasteiger partial charge is 0.408 e. The van der Waals surface area contributed by atoms with Crippen LogP contribution in [0.1, 0.15) is 57.1 Å². The van der Waals surface area contributed by atoms with E-state index in [1.165, 1.54) is 12.1 Å². The number of aromatic amines is 1. The number of carbonyl (C=O) groups excluding carboxylic acids is 3. The number of rotatable bonds is 10. The fraction of sp³-hybridized carbons (Fsp3) is 0.378. The minimum absolute atomic E-state index is 0.0322. The molecule has 0 aliphatic carbocycles. The molecule has 1 aliphatic heterocycles. The molecule has 1 saturated heterocycles. The van der Waals surface area contributed by atoms with Crippen molar-refractivity contribution in [3.63, 3.8) is 0 Å². The first kappa shape index (κ1) is 33.7. The molecule has 0 saturated carbocycles. The number of likely N-dealkylation sites (tertiary alicyclic amines) is 1. The summed E-state index contributed by atoms with van der Waals surface area (Å²) in [4.78, 5) is 44.7. The van der Waals surface area contributed by atoms with Gasteiger partial charge in [-0.1, -0.05) is 68.4 Å². The minimum atomic E-state index is -0.753. The minimum Gasteiger partial charge on any atom is -0.444 e. The van der Waals surface area contributed by atoms with Crippen LogP contribution in [0.2, 0.25) is 0 Å². The molecule has 2 heterocycles. The van der Waals surface area contributed by atoms with Gasteiger partial charge in [0, 0.05) is 42.6 Å². The number of amides is 3. The molecule has 0 spiro atoms. The molecule has 3 aromatic carbocycles. The van der Waals surface area contributed by atoms with Gasteiger partial charge in [-0.05, 0) is 74.1 Å². The predicted molar refractivity (Wildman–Crippen MR) is 181 cm³/mol. The van der Waals surface area contributed by atoms with Crippen LogP contribution < -0.4 is 16.0 Å². The molecule has 248 valence electrons. The third-order valence-corrected chi connectivity index (χ3v) is 8.27. The number of hydrogen-bond donors (Lipinski definition) is 4. The number of carbonyl (C=O) groups is 3. The maximum Gasteiger partial charge on any atom is 0.408 e. The summed E-state index contributed by atoms with van der Waals surface area (Å²) in [6.45, 7) is 10.7. The molecule has 9 nitrogen and oxygen atoms in total. The second-order valence-corrected chi connectivity index (χ2v) is 13.6. The molecule has 0 bridgehead atoms. The number of aromatic nitrogens is 1. The van der Waals surface area contributed by atoms with Gasteiger partial charge < -0.3 is 25.7 Å². The fourth-order valence-corrected chi connectivity index (χ4v) is 5.95. The van der Waals surface area contributed by atoms with E-state index in [-0.39, 0.29) is 35.6 Å². The zero-order valence-electron chi connectivity index (χ0n) is 27.6. The van der Waals surface area contributed by atoms with Crippen LogP contribution in [-0.2, 0) is 16.1 Å². The number of halogens is 1. The highest BCUT2D eigenvalue weighted by Crippen LogP contribution is 2.26. The highest BCUT2D eigenvalue weighted by molar-refractivity contribution is 5.98. The molecule has 1 aliphatic rings. The van der Waals surface area contributed by atoms with Gasteiger partial charge in [-0.15, -0.1) is 0 Å². The summed E-state index contributed by atoms with van der Waals surface area (Å²) in [6.07, 6.45) is -0.00293. The molecular formula is C37H44FN5O4. The summed E-state index contributed by atoms with van der Waals surface area (Å²) < 4.78 is 18.8. The first-order chi connectivity index (χ1) is 22.3. The Morgan fingerprint density at radius 1 is 0.979 bits per heavy atom. The SMILES string of the molecule is CC(C)[C@@H](NC(=O)OC(C)(C)C)C(=O)N[C@H]1C[C@@H](CNC(=O)c2cc3ccc(-c4ccc(F)cc4)cc3[nH]2)N(Cc2ccccc2)C1. The zero-order valence-corrected chi connectivity index (χ0v) is 27.6. The van der Waals surface area contributed by atoms with E-state index in [9.17, 15) is 18.8 Å². The monoisotopic (exact) mass is 641 g/mol. The summed E-state index contributed by atoms with van der Waals surface area (Å²) in [5, 5.41) is 9.86. The Morgan fingerprint density at radius 3 is 2.36 bits per heavy atom. The van der Waals surface area contributed by atoms with Gasteiger partial charge in [0.2, 0.25) is 5.91 Å². The second kappa shape index (κ2) is 14.4. The average Bonchev–Trinajstić information content (AvgIpc) is 3.61. The normalized spacial score (nSPS) is 17.4. The number of H-pyrrole nitrogens is 1. The standard InChI is InChI=1S/C37H44FN5O4/c1-23(2)33(42-36(46)47-37(3,4)5)35(45)40-29-19-30(43(22-29)21-24-9-7-6-8-10-24)20-39-34(44)32-18-27-12-11-26(17-31(27)41-32)25-13-15-28(38)16-14-25/h6-18,23,29-30,33,41H,19-22H2,1-5H3,(H,39,44)(H,40,45)(H,42,46)/t29-,30-,33+/m0/s1. The van der Waals surface area contributed by atoms with Gasteiger partial charge in [0.1, 0.15) is 23.2 Å². The van der Waals surface area contributed by atoms with Crippen molar-refractivity contribution >= 4 is 28.8 Å². The van der Waals surface area contributed by atoms with Crippen LogP contribution in [-0.4, -0.2) is 64.6 Å². The van der Waals surface area contributed by atoms with Crippen LogP contribution in [0.15, 0.2) is 78.9 Å². The van der Waals surface area contributed by atoms with E-state index in [2.05, 4.69) is 38.0 Å². The lowest BCUT2D eigenvalue weighted by Crippen LogP contribution is -2.53. The highest BCUT2D eigenvalue weighted by atomic mass is 19.1. The van der Waals surface area contributed by atoms with Crippen molar-refractivity contribution in [1.29, 1.82) is 0 Å². The van der Waals surface area contributed by atoms with Gasteiger partial charge in [0.25, 0.3) is 5.91 Å². The Balaban J connectivity index is 1.25. The van der Waals surface area contributed by atoms with Gasteiger partial charge in [0.05, 0.1) is 0 Å². The van der Waals surface area contributed by atoms with Crippen LogP contribution in [0, 0.1) is 11.7 Å². The topological polar surface area (TPSA) is 116 Å². The van der Waals surface area contributed by atoms with Crippen molar-refractivity contribution in [2.45, 2.75) is 71.3 Å². The summed E-state index contributed by atoms with van der Waals surface area (Å²) >= 11 is 0. The predicted octanol–water partition coefficient (Wildman–Crippen LogP) is 6.01. The largest absolute Gasteiger partial charge is 0.444 e. The molecule has 10 heteroatoms. The lowest BCUT2D eigenvalue weighted by atomic mass is 10.0. The van der Waals surface area contributed by atoms with Crippen LogP contribution in [0.25, 0.3) is 22.0 Å². The van der Waals surface area contributed by atoms with E-state index in [0.29, 0.717) is 31.7 Å². The van der Waals surface area contributed by atoms with E-state index >= 15 is 0 Å². The van der Waals surface area contributed by atoms with E-state index < -0.39 is 17.7 Å². The molecule has 4 N–H and O–H groups in total. The average molecular weight is 642 g/mol. The maximum atomic E-state index is 13.4. The number of nitrogens with one attached hydrogen (secondary N) is 4. The molecule has 3 atom stereocenters. The highest BCUT2D eigenvalue weighted by Gasteiger charge is 2.35. The maximum absolute atomic E-state index is 13.4. The van der Waals surface area contributed by atoms with Crippen molar-refractivity contribution in [3.8, 4) is 11.1 Å². The summed E-state index contributed by atoms with van der Waals surface area (Å²) in [6, 6.07) is 23.1. The third kappa shape index (κ3) is 8.98. The van der Waals surface area contributed by atoms with Crippen molar-refractivity contribution in [2.24, 2.45) is 5.92 Å². The molecule has 0 unspecified atom stereocenters. The molecular weight excluding hydrogens is 597 g/mol. The van der Waals surface area contributed by atoms with E-state index in [0.717, 1.165) is 27.6 Å². The molecule has 1 aromatic heterocycles. The van der Waals surface area contributed by atoms with Crippen LogP contribution in [0.5, 0.6) is 0 Å². The lowest BCUT2D eigenvalue weighted by Gasteiger charge is -2.26. The molecule has 4 aromatic rings. The number of nitrogens with zero attached hydrogens (tertiary/aromatic N) is 1. The van der Waals surface area contributed by atoms with Crippen molar-refractivity contribution < 1.29 is 23.5 Å². The number of ether oxygens (including phenoxy) is 1.